The molecular formula is C40H22N2O6S2. The van der Waals surface area contributed by atoms with Crippen LogP contribution in [-0.4, -0.2) is 21.5 Å². The average Bonchev–Trinajstić information content (AvgIpc) is 3.74. The van der Waals surface area contributed by atoms with Crippen LogP contribution in [-0.2, 0) is 0 Å². The van der Waals surface area contributed by atoms with Gasteiger partial charge in [-0.1, -0.05) is 84.9 Å². The van der Waals surface area contributed by atoms with Gasteiger partial charge >= 0.3 is 11.3 Å². The van der Waals surface area contributed by atoms with Gasteiger partial charge in [-0.05, 0) is 42.0 Å². The standard InChI is InChI=1S/C40H22N2O6S2/c43-33(31-25-11-3-7-15-29(25)49-35(31)37-41-27-13-5-1-9-23(27)39(45)47-37)21-17-19-22(20-18-21)34(44)32-26-12-4-8-16-30(26)50-36(32)38-42-28-14-6-2-10-24(28)40(46)48-38/h1-20,31,35H. The Morgan fingerprint density at radius 1 is 0.620 bits per heavy atom. The zero-order valence-electron chi connectivity index (χ0n) is 25.9. The summed E-state index contributed by atoms with van der Waals surface area (Å²) in [7, 11) is 0. The van der Waals surface area contributed by atoms with Crippen LogP contribution in [0.2, 0.25) is 0 Å². The maximum Gasteiger partial charge on any atom is 0.347 e. The lowest BCUT2D eigenvalue weighted by Crippen LogP contribution is -2.18. The number of hydrogen-bond donors (Lipinski definition) is 0. The number of aromatic nitrogens is 2. The van der Waals surface area contributed by atoms with Crippen molar-refractivity contribution in [2.24, 2.45) is 0 Å². The van der Waals surface area contributed by atoms with E-state index in [1.165, 1.54) is 23.1 Å². The summed E-state index contributed by atoms with van der Waals surface area (Å²) in [6.45, 7) is 0. The minimum Gasteiger partial charge on any atom is -0.407 e. The van der Waals surface area contributed by atoms with E-state index < -0.39 is 22.4 Å². The third-order valence-electron chi connectivity index (χ3n) is 8.87. The van der Waals surface area contributed by atoms with E-state index >= 15 is 0 Å². The number of ketones is 2. The van der Waals surface area contributed by atoms with Crippen molar-refractivity contribution in [3.05, 3.63) is 170 Å². The van der Waals surface area contributed by atoms with E-state index in [-0.39, 0.29) is 23.3 Å². The average molecular weight is 691 g/mol. The predicted molar refractivity (Wildman–Crippen MR) is 193 cm³/mol. The van der Waals surface area contributed by atoms with Gasteiger partial charge in [0.25, 0.3) is 0 Å². The molecule has 0 saturated heterocycles. The van der Waals surface area contributed by atoms with Crippen molar-refractivity contribution >= 4 is 66.6 Å². The predicted octanol–water partition coefficient (Wildman–Crippen LogP) is 8.62. The number of carbonyl (C=O) groups is 2. The summed E-state index contributed by atoms with van der Waals surface area (Å²) >= 11 is 2.77. The Morgan fingerprint density at radius 2 is 1.22 bits per heavy atom. The number of hydrogen-bond acceptors (Lipinski definition) is 10. The van der Waals surface area contributed by atoms with Crippen LogP contribution in [0.5, 0.6) is 0 Å². The smallest absolute Gasteiger partial charge is 0.347 e. The summed E-state index contributed by atoms with van der Waals surface area (Å²) < 4.78 is 12.2. The second-order valence-electron chi connectivity index (χ2n) is 11.8. The normalized spacial score (nSPS) is 15.4. The van der Waals surface area contributed by atoms with E-state index in [1.807, 2.05) is 48.5 Å². The highest BCUT2D eigenvalue weighted by atomic mass is 32.2. The van der Waals surface area contributed by atoms with E-state index in [2.05, 4.69) is 9.97 Å². The molecule has 0 aliphatic carbocycles. The number of Topliss-reactive ketones (excluding diaryl/α,β-unsaturated/α-hetero) is 1. The van der Waals surface area contributed by atoms with Crippen LogP contribution >= 0.6 is 23.1 Å². The molecule has 50 heavy (non-hydrogen) atoms. The molecule has 9 rings (SSSR count). The van der Waals surface area contributed by atoms with Crippen molar-refractivity contribution in [2.45, 2.75) is 16.1 Å². The Morgan fingerprint density at radius 3 is 1.98 bits per heavy atom. The molecule has 0 bridgehead atoms. The second kappa shape index (κ2) is 11.9. The number of rotatable bonds is 6. The van der Waals surface area contributed by atoms with Gasteiger partial charge in [-0.3, -0.25) is 9.59 Å². The largest absolute Gasteiger partial charge is 0.407 e. The van der Waals surface area contributed by atoms with Crippen LogP contribution in [0.3, 0.4) is 0 Å². The molecule has 2 atom stereocenters. The minimum atomic E-state index is -0.677. The molecule has 0 radical (unpaired) electrons. The number of thioether (sulfide) groups is 1. The summed E-state index contributed by atoms with van der Waals surface area (Å²) in [4.78, 5) is 64.9. The molecule has 5 aromatic carbocycles. The fourth-order valence-corrected chi connectivity index (χ4v) is 8.98. The summed E-state index contributed by atoms with van der Waals surface area (Å²) in [5, 5.41) is 0.874. The molecule has 8 aromatic rings. The van der Waals surface area contributed by atoms with Crippen molar-refractivity contribution in [1.82, 2.24) is 9.97 Å². The molecule has 1 aliphatic rings. The summed E-state index contributed by atoms with van der Waals surface area (Å²) in [6, 6.07) is 35.6. The van der Waals surface area contributed by atoms with Crippen molar-refractivity contribution < 1.29 is 18.4 Å². The van der Waals surface area contributed by atoms with Gasteiger partial charge in [0, 0.05) is 26.1 Å². The van der Waals surface area contributed by atoms with Crippen LogP contribution in [0.25, 0.3) is 42.7 Å². The van der Waals surface area contributed by atoms with Gasteiger partial charge in [-0.2, -0.15) is 0 Å². The second-order valence-corrected chi connectivity index (χ2v) is 14.0. The minimum absolute atomic E-state index is 0.0717. The molecule has 0 saturated carbocycles. The van der Waals surface area contributed by atoms with Gasteiger partial charge in [0.05, 0.1) is 33.3 Å². The summed E-state index contributed by atoms with van der Waals surface area (Å²) in [5.41, 5.74) is 1.88. The third kappa shape index (κ3) is 4.91. The third-order valence-corrected chi connectivity index (χ3v) is 11.4. The molecular weight excluding hydrogens is 669 g/mol. The quantitative estimate of drug-likeness (QED) is 0.158. The summed E-state index contributed by atoms with van der Waals surface area (Å²) in [6.07, 6.45) is 0. The first-order valence-electron chi connectivity index (χ1n) is 15.7. The first-order chi connectivity index (χ1) is 24.4. The maximum absolute atomic E-state index is 14.3. The number of thiophene rings is 1. The molecule has 0 N–H and O–H groups in total. The number of carbonyl (C=O) groups excluding carboxylic acids is 2. The van der Waals surface area contributed by atoms with Gasteiger partial charge < -0.3 is 8.83 Å². The Hall–Kier alpha value is -5.97. The highest BCUT2D eigenvalue weighted by molar-refractivity contribution is 8.00. The number of para-hydroxylation sites is 2. The Bertz CT molecular complexity index is 2800. The van der Waals surface area contributed by atoms with Gasteiger partial charge in [-0.15, -0.1) is 23.1 Å². The van der Waals surface area contributed by atoms with E-state index in [4.69, 9.17) is 8.83 Å². The van der Waals surface area contributed by atoms with Crippen molar-refractivity contribution in [3.63, 3.8) is 0 Å². The molecule has 240 valence electrons. The number of benzene rings is 5. The maximum atomic E-state index is 14.3. The molecule has 3 aromatic heterocycles. The highest BCUT2D eigenvalue weighted by Crippen LogP contribution is 2.55. The van der Waals surface area contributed by atoms with Crippen LogP contribution in [0.4, 0.5) is 0 Å². The van der Waals surface area contributed by atoms with E-state index in [0.29, 0.717) is 48.8 Å². The van der Waals surface area contributed by atoms with Gasteiger partial charge in [-0.25, -0.2) is 19.6 Å². The fraction of sp³-hybridized carbons (Fsp3) is 0.0500. The van der Waals surface area contributed by atoms with Crippen LogP contribution in [0.1, 0.15) is 48.9 Å². The van der Waals surface area contributed by atoms with E-state index in [9.17, 15) is 19.2 Å². The topological polar surface area (TPSA) is 120 Å². The van der Waals surface area contributed by atoms with Crippen LogP contribution < -0.4 is 11.3 Å². The Kier molecular flexibility index (Phi) is 7.15. The first-order valence-corrected chi connectivity index (χ1v) is 17.4. The Balaban J connectivity index is 1.09. The fourth-order valence-electron chi connectivity index (χ4n) is 6.49. The molecule has 0 spiro atoms. The lowest BCUT2D eigenvalue weighted by atomic mass is 9.87. The zero-order chi connectivity index (χ0) is 33.9. The monoisotopic (exact) mass is 690 g/mol. The molecule has 2 unspecified atom stereocenters. The molecule has 1 aliphatic heterocycles. The molecule has 8 nitrogen and oxygen atoms in total. The molecule has 0 fully saturated rings. The van der Waals surface area contributed by atoms with Gasteiger partial charge in [0.2, 0.25) is 11.8 Å². The highest BCUT2D eigenvalue weighted by Gasteiger charge is 2.42. The van der Waals surface area contributed by atoms with Gasteiger partial charge in [0.15, 0.2) is 11.6 Å². The number of fused-ring (bicyclic) bond motifs is 4. The molecule has 4 heterocycles. The molecule has 10 heteroatoms. The molecule has 0 amide bonds. The number of nitrogens with zero attached hydrogens (tertiary/aromatic N) is 2. The SMILES string of the molecule is O=C(c1ccc(C(=O)C2c3ccccc3SC2c2nc3ccccc3c(=O)o2)cc1)c1c(-c2nc3ccccc3c(=O)o2)sc2ccccc12. The van der Waals surface area contributed by atoms with Crippen molar-refractivity contribution in [3.8, 4) is 10.8 Å². The van der Waals surface area contributed by atoms with Crippen molar-refractivity contribution in [2.75, 3.05) is 0 Å². The van der Waals surface area contributed by atoms with E-state index in [0.717, 1.165) is 15.2 Å². The zero-order valence-corrected chi connectivity index (χ0v) is 27.5. The van der Waals surface area contributed by atoms with Crippen LogP contribution in [0.15, 0.2) is 145 Å². The van der Waals surface area contributed by atoms with Crippen LogP contribution in [0, 0.1) is 0 Å². The first kappa shape index (κ1) is 30.1. The lowest BCUT2D eigenvalue weighted by Gasteiger charge is -2.17. The van der Waals surface area contributed by atoms with Crippen molar-refractivity contribution in [1.29, 1.82) is 0 Å². The summed E-state index contributed by atoms with van der Waals surface area (Å²) in [5.74, 6) is -0.902. The Labute approximate surface area is 291 Å². The lowest BCUT2D eigenvalue weighted by molar-refractivity contribution is 0.0953. The van der Waals surface area contributed by atoms with Gasteiger partial charge in [0.1, 0.15) is 10.1 Å². The van der Waals surface area contributed by atoms with E-state index in [1.54, 1.807) is 72.8 Å².